The van der Waals surface area contributed by atoms with E-state index < -0.39 is 0 Å². The number of hydrogen-bond donors (Lipinski definition) is 1. The van der Waals surface area contributed by atoms with Crippen molar-refractivity contribution in [3.8, 4) is 5.88 Å². The van der Waals surface area contributed by atoms with E-state index in [1.807, 2.05) is 22.7 Å². The lowest BCUT2D eigenvalue weighted by Gasteiger charge is -2.34. The van der Waals surface area contributed by atoms with Crippen LogP contribution >= 0.6 is 0 Å². The second-order valence-corrected chi connectivity index (χ2v) is 6.10. The zero-order chi connectivity index (χ0) is 14.1. The average molecular weight is 273 g/mol. The number of aromatic nitrogens is 2. The van der Waals surface area contributed by atoms with Gasteiger partial charge in [0.1, 0.15) is 5.82 Å². The lowest BCUT2D eigenvalue weighted by molar-refractivity contribution is 0.148. The number of hydrogen-bond acceptors (Lipinski definition) is 3. The number of piperidine rings is 1. The monoisotopic (exact) mass is 273 g/mol. The first-order valence-electron chi connectivity index (χ1n) is 7.53. The first-order valence-corrected chi connectivity index (χ1v) is 7.53. The summed E-state index contributed by atoms with van der Waals surface area (Å²) in [6.07, 6.45) is 5.25. The second-order valence-electron chi connectivity index (χ2n) is 6.10. The standard InChI is InChI=1S/C16H23N3O/c1-12(2)18-8-6-13(7-9-18)10-15-17-11-14-4-3-5-16(20)19(14)15/h3-5,11-13,20H,6-10H2,1-2H3. The van der Waals surface area contributed by atoms with Crippen LogP contribution < -0.4 is 0 Å². The molecule has 0 spiro atoms. The molecule has 2 aromatic heterocycles. The molecule has 1 fully saturated rings. The van der Waals surface area contributed by atoms with Crippen LogP contribution in [-0.4, -0.2) is 38.5 Å². The van der Waals surface area contributed by atoms with Gasteiger partial charge in [-0.1, -0.05) is 6.07 Å². The van der Waals surface area contributed by atoms with Crippen molar-refractivity contribution in [1.82, 2.24) is 14.3 Å². The molecule has 0 saturated carbocycles. The van der Waals surface area contributed by atoms with Gasteiger partial charge in [-0.15, -0.1) is 0 Å². The van der Waals surface area contributed by atoms with Crippen molar-refractivity contribution in [2.75, 3.05) is 13.1 Å². The van der Waals surface area contributed by atoms with E-state index in [4.69, 9.17) is 0 Å². The van der Waals surface area contributed by atoms with E-state index in [1.54, 1.807) is 6.07 Å². The second kappa shape index (κ2) is 5.44. The Morgan fingerprint density at radius 1 is 1.30 bits per heavy atom. The predicted molar refractivity (Wildman–Crippen MR) is 80.0 cm³/mol. The third-order valence-corrected chi connectivity index (χ3v) is 4.45. The molecular weight excluding hydrogens is 250 g/mol. The number of nitrogens with zero attached hydrogens (tertiary/aromatic N) is 3. The lowest BCUT2D eigenvalue weighted by atomic mass is 9.92. The summed E-state index contributed by atoms with van der Waals surface area (Å²) in [7, 11) is 0. The molecule has 2 aromatic rings. The minimum atomic E-state index is 0.287. The van der Waals surface area contributed by atoms with E-state index in [9.17, 15) is 5.11 Å². The van der Waals surface area contributed by atoms with E-state index in [-0.39, 0.29) is 5.88 Å². The van der Waals surface area contributed by atoms with Gasteiger partial charge in [0.2, 0.25) is 0 Å². The minimum absolute atomic E-state index is 0.287. The first kappa shape index (κ1) is 13.4. The Labute approximate surface area is 120 Å². The molecule has 108 valence electrons. The largest absolute Gasteiger partial charge is 0.494 e. The predicted octanol–water partition coefficient (Wildman–Crippen LogP) is 2.70. The Balaban J connectivity index is 1.72. The van der Waals surface area contributed by atoms with Crippen LogP contribution in [0.2, 0.25) is 0 Å². The molecule has 0 aromatic carbocycles. The van der Waals surface area contributed by atoms with Crippen molar-refractivity contribution in [1.29, 1.82) is 0 Å². The maximum atomic E-state index is 10.00. The van der Waals surface area contributed by atoms with E-state index >= 15 is 0 Å². The molecule has 0 radical (unpaired) electrons. The number of rotatable bonds is 3. The number of pyridine rings is 1. The molecule has 1 saturated heterocycles. The van der Waals surface area contributed by atoms with E-state index in [0.29, 0.717) is 12.0 Å². The maximum Gasteiger partial charge on any atom is 0.197 e. The van der Waals surface area contributed by atoms with Gasteiger partial charge >= 0.3 is 0 Å². The van der Waals surface area contributed by atoms with Gasteiger partial charge in [0, 0.05) is 12.5 Å². The van der Waals surface area contributed by atoms with Crippen LogP contribution in [0.4, 0.5) is 0 Å². The van der Waals surface area contributed by atoms with Crippen LogP contribution in [0.25, 0.3) is 5.52 Å². The normalized spacial score (nSPS) is 18.1. The Kier molecular flexibility index (Phi) is 3.66. The van der Waals surface area contributed by atoms with Crippen molar-refractivity contribution in [2.24, 2.45) is 5.92 Å². The van der Waals surface area contributed by atoms with Crippen LogP contribution in [0.1, 0.15) is 32.5 Å². The fourth-order valence-electron chi connectivity index (χ4n) is 3.17. The Hall–Kier alpha value is -1.55. The van der Waals surface area contributed by atoms with Gasteiger partial charge in [-0.3, -0.25) is 4.40 Å². The molecule has 1 aliphatic rings. The van der Waals surface area contributed by atoms with Crippen molar-refractivity contribution in [2.45, 2.75) is 39.2 Å². The van der Waals surface area contributed by atoms with Crippen LogP contribution in [0, 0.1) is 5.92 Å². The van der Waals surface area contributed by atoms with Crippen LogP contribution in [0.15, 0.2) is 24.4 Å². The van der Waals surface area contributed by atoms with E-state index in [1.165, 1.54) is 25.9 Å². The number of imidazole rings is 1. The highest BCUT2D eigenvalue weighted by atomic mass is 16.3. The summed E-state index contributed by atoms with van der Waals surface area (Å²) in [4.78, 5) is 7.03. The summed E-state index contributed by atoms with van der Waals surface area (Å²) in [5, 5.41) is 10.00. The first-order chi connectivity index (χ1) is 9.65. The molecule has 0 amide bonds. The van der Waals surface area contributed by atoms with E-state index in [0.717, 1.165) is 17.8 Å². The smallest absolute Gasteiger partial charge is 0.197 e. The van der Waals surface area contributed by atoms with Crippen LogP contribution in [0.3, 0.4) is 0 Å². The summed E-state index contributed by atoms with van der Waals surface area (Å²) >= 11 is 0. The number of likely N-dealkylation sites (tertiary alicyclic amines) is 1. The fraction of sp³-hybridized carbons (Fsp3) is 0.562. The minimum Gasteiger partial charge on any atom is -0.494 e. The summed E-state index contributed by atoms with van der Waals surface area (Å²) < 4.78 is 1.87. The van der Waals surface area contributed by atoms with Crippen LogP contribution in [0.5, 0.6) is 5.88 Å². The summed E-state index contributed by atoms with van der Waals surface area (Å²) in [5.74, 6) is 1.95. The molecule has 0 aliphatic carbocycles. The molecule has 1 N–H and O–H groups in total. The fourth-order valence-corrected chi connectivity index (χ4v) is 3.17. The molecular formula is C16H23N3O. The maximum absolute atomic E-state index is 10.00. The molecule has 0 unspecified atom stereocenters. The zero-order valence-electron chi connectivity index (χ0n) is 12.3. The molecule has 3 rings (SSSR count). The lowest BCUT2D eigenvalue weighted by Crippen LogP contribution is -2.38. The number of aromatic hydroxyl groups is 1. The highest BCUT2D eigenvalue weighted by Crippen LogP contribution is 2.24. The van der Waals surface area contributed by atoms with Gasteiger partial charge in [-0.2, -0.15) is 0 Å². The van der Waals surface area contributed by atoms with Crippen molar-refractivity contribution >= 4 is 5.52 Å². The average Bonchev–Trinajstić information content (AvgIpc) is 2.84. The Bertz CT molecular complexity index is 582. The zero-order valence-corrected chi connectivity index (χ0v) is 12.3. The number of fused-ring (bicyclic) bond motifs is 1. The highest BCUT2D eigenvalue weighted by Gasteiger charge is 2.22. The van der Waals surface area contributed by atoms with Gasteiger partial charge in [0.25, 0.3) is 0 Å². The Morgan fingerprint density at radius 3 is 2.75 bits per heavy atom. The van der Waals surface area contributed by atoms with Crippen molar-refractivity contribution < 1.29 is 5.11 Å². The topological polar surface area (TPSA) is 40.8 Å². The Morgan fingerprint density at radius 2 is 2.05 bits per heavy atom. The summed E-state index contributed by atoms with van der Waals surface area (Å²) in [5.41, 5.74) is 0.972. The van der Waals surface area contributed by atoms with Gasteiger partial charge in [-0.05, 0) is 57.8 Å². The van der Waals surface area contributed by atoms with Gasteiger partial charge < -0.3 is 10.0 Å². The molecule has 4 nitrogen and oxygen atoms in total. The highest BCUT2D eigenvalue weighted by molar-refractivity contribution is 5.48. The van der Waals surface area contributed by atoms with Gasteiger partial charge in [-0.25, -0.2) is 4.98 Å². The molecule has 4 heteroatoms. The quantitative estimate of drug-likeness (QED) is 0.934. The third-order valence-electron chi connectivity index (χ3n) is 4.45. The van der Waals surface area contributed by atoms with Crippen molar-refractivity contribution in [3.63, 3.8) is 0 Å². The molecule has 0 atom stereocenters. The summed E-state index contributed by atoms with van der Waals surface area (Å²) in [6, 6.07) is 6.21. The molecule has 1 aliphatic heterocycles. The van der Waals surface area contributed by atoms with Crippen molar-refractivity contribution in [3.05, 3.63) is 30.2 Å². The third kappa shape index (κ3) is 2.52. The van der Waals surface area contributed by atoms with E-state index in [2.05, 4.69) is 23.7 Å². The van der Waals surface area contributed by atoms with Gasteiger partial charge in [0.05, 0.1) is 11.7 Å². The summed E-state index contributed by atoms with van der Waals surface area (Å²) in [6.45, 7) is 6.89. The van der Waals surface area contributed by atoms with Crippen LogP contribution in [-0.2, 0) is 6.42 Å². The molecule has 20 heavy (non-hydrogen) atoms. The molecule has 0 bridgehead atoms. The van der Waals surface area contributed by atoms with Gasteiger partial charge in [0.15, 0.2) is 5.88 Å². The SMILES string of the molecule is CC(C)N1CCC(Cc2ncc3cccc(O)n23)CC1. The molecule has 3 heterocycles.